The van der Waals surface area contributed by atoms with Crippen LogP contribution in [0.25, 0.3) is 0 Å². The summed E-state index contributed by atoms with van der Waals surface area (Å²) in [5.74, 6) is 0.867. The summed E-state index contributed by atoms with van der Waals surface area (Å²) in [7, 11) is 1.82. The van der Waals surface area contributed by atoms with E-state index in [0.29, 0.717) is 6.10 Å². The first-order valence-corrected chi connectivity index (χ1v) is 10.3. The smallest absolute Gasteiger partial charge is 0.191 e. The average molecular weight is 375 g/mol. The third-order valence-corrected chi connectivity index (χ3v) is 5.24. The highest BCUT2D eigenvalue weighted by Gasteiger charge is 2.16. The van der Waals surface area contributed by atoms with Gasteiger partial charge in [0, 0.05) is 53.0 Å². The van der Waals surface area contributed by atoms with Gasteiger partial charge in [-0.1, -0.05) is 24.3 Å². The molecule has 0 amide bonds. The standard InChI is InChI=1S/C21H34N4O2/c1-22-21(23-10-5-14-26-17-20-8-4-15-27-20)24-11-13-25-12-9-18-6-2-3-7-19(18)16-25/h2-3,6-7,20H,4-5,8-17H2,1H3,(H2,22,23,24). The Morgan fingerprint density at radius 1 is 1.26 bits per heavy atom. The van der Waals surface area contributed by atoms with Crippen molar-refractivity contribution >= 4 is 5.96 Å². The number of hydrogen-bond donors (Lipinski definition) is 2. The minimum atomic E-state index is 0.314. The van der Waals surface area contributed by atoms with Crippen LogP contribution in [0.15, 0.2) is 29.3 Å². The minimum absolute atomic E-state index is 0.314. The fourth-order valence-electron chi connectivity index (χ4n) is 3.67. The molecule has 1 fully saturated rings. The lowest BCUT2D eigenvalue weighted by Gasteiger charge is -2.28. The van der Waals surface area contributed by atoms with E-state index >= 15 is 0 Å². The van der Waals surface area contributed by atoms with Gasteiger partial charge < -0.3 is 20.1 Å². The third kappa shape index (κ3) is 6.79. The molecule has 0 bridgehead atoms. The average Bonchev–Trinajstić information content (AvgIpc) is 3.22. The van der Waals surface area contributed by atoms with Gasteiger partial charge in [0.05, 0.1) is 12.7 Å². The van der Waals surface area contributed by atoms with Crippen molar-refractivity contribution in [1.82, 2.24) is 15.5 Å². The molecule has 0 aromatic heterocycles. The molecule has 1 aromatic carbocycles. The molecule has 150 valence electrons. The summed E-state index contributed by atoms with van der Waals surface area (Å²) in [6.45, 7) is 7.35. The van der Waals surface area contributed by atoms with Crippen molar-refractivity contribution in [3.05, 3.63) is 35.4 Å². The van der Waals surface area contributed by atoms with E-state index in [2.05, 4.69) is 44.8 Å². The fourth-order valence-corrected chi connectivity index (χ4v) is 3.67. The number of nitrogens with one attached hydrogen (secondary N) is 2. The number of rotatable bonds is 9. The van der Waals surface area contributed by atoms with Crippen LogP contribution in [0.3, 0.4) is 0 Å². The number of ether oxygens (including phenoxy) is 2. The zero-order valence-corrected chi connectivity index (χ0v) is 16.6. The number of aliphatic imine (C=N–C) groups is 1. The van der Waals surface area contributed by atoms with E-state index in [-0.39, 0.29) is 0 Å². The third-order valence-electron chi connectivity index (χ3n) is 5.24. The molecular weight excluding hydrogens is 340 g/mol. The van der Waals surface area contributed by atoms with Gasteiger partial charge in [-0.15, -0.1) is 0 Å². The minimum Gasteiger partial charge on any atom is -0.379 e. The van der Waals surface area contributed by atoms with E-state index in [9.17, 15) is 0 Å². The van der Waals surface area contributed by atoms with Gasteiger partial charge >= 0.3 is 0 Å². The van der Waals surface area contributed by atoms with Crippen molar-refractivity contribution in [2.45, 2.75) is 38.3 Å². The second-order valence-electron chi connectivity index (χ2n) is 7.28. The Labute approximate surface area is 163 Å². The van der Waals surface area contributed by atoms with Crippen LogP contribution in [-0.4, -0.2) is 70.0 Å². The van der Waals surface area contributed by atoms with Crippen LogP contribution in [0.2, 0.25) is 0 Å². The predicted molar refractivity (Wildman–Crippen MR) is 109 cm³/mol. The maximum Gasteiger partial charge on any atom is 0.191 e. The van der Waals surface area contributed by atoms with Crippen molar-refractivity contribution in [1.29, 1.82) is 0 Å². The zero-order valence-electron chi connectivity index (χ0n) is 16.6. The summed E-state index contributed by atoms with van der Waals surface area (Å²) in [6, 6.07) is 8.77. The van der Waals surface area contributed by atoms with Crippen molar-refractivity contribution in [2.75, 3.05) is 53.0 Å². The molecule has 0 radical (unpaired) electrons. The topological polar surface area (TPSA) is 58.1 Å². The summed E-state index contributed by atoms with van der Waals surface area (Å²) in [5.41, 5.74) is 2.97. The van der Waals surface area contributed by atoms with E-state index in [1.807, 2.05) is 7.05 Å². The molecule has 2 aliphatic heterocycles. The van der Waals surface area contributed by atoms with Crippen molar-refractivity contribution in [3.8, 4) is 0 Å². The number of hydrogen-bond acceptors (Lipinski definition) is 4. The molecule has 6 nitrogen and oxygen atoms in total. The first-order chi connectivity index (χ1) is 13.3. The fraction of sp³-hybridized carbons (Fsp3) is 0.667. The molecule has 1 unspecified atom stereocenters. The number of guanidine groups is 1. The van der Waals surface area contributed by atoms with Gasteiger partial charge in [0.25, 0.3) is 0 Å². The Morgan fingerprint density at radius 3 is 2.93 bits per heavy atom. The van der Waals surface area contributed by atoms with Crippen molar-refractivity contribution in [2.24, 2.45) is 4.99 Å². The van der Waals surface area contributed by atoms with Crippen LogP contribution in [-0.2, 0) is 22.4 Å². The highest BCUT2D eigenvalue weighted by molar-refractivity contribution is 5.79. The summed E-state index contributed by atoms with van der Waals surface area (Å²) < 4.78 is 11.2. The van der Waals surface area contributed by atoms with Crippen molar-refractivity contribution in [3.63, 3.8) is 0 Å². The first kappa shape index (κ1) is 20.1. The molecule has 0 saturated carbocycles. The highest BCUT2D eigenvalue weighted by Crippen LogP contribution is 2.17. The van der Waals surface area contributed by atoms with E-state index in [4.69, 9.17) is 9.47 Å². The highest BCUT2D eigenvalue weighted by atomic mass is 16.5. The Kier molecular flexibility index (Phi) is 8.39. The van der Waals surface area contributed by atoms with Gasteiger partial charge in [0.15, 0.2) is 5.96 Å². The lowest BCUT2D eigenvalue weighted by Crippen LogP contribution is -2.43. The quantitative estimate of drug-likeness (QED) is 0.392. The molecule has 0 spiro atoms. The van der Waals surface area contributed by atoms with E-state index in [1.165, 1.54) is 17.5 Å². The molecule has 27 heavy (non-hydrogen) atoms. The Balaban J connectivity index is 1.23. The molecule has 2 N–H and O–H groups in total. The monoisotopic (exact) mass is 374 g/mol. The second kappa shape index (κ2) is 11.3. The zero-order chi connectivity index (χ0) is 18.7. The molecule has 2 heterocycles. The molecule has 6 heteroatoms. The molecule has 1 aromatic rings. The van der Waals surface area contributed by atoms with Crippen LogP contribution >= 0.6 is 0 Å². The second-order valence-corrected chi connectivity index (χ2v) is 7.28. The summed E-state index contributed by atoms with van der Waals surface area (Å²) in [4.78, 5) is 6.80. The van der Waals surface area contributed by atoms with Gasteiger partial charge in [-0.25, -0.2) is 0 Å². The van der Waals surface area contributed by atoms with Gasteiger partial charge in [0.1, 0.15) is 0 Å². The van der Waals surface area contributed by atoms with Gasteiger partial charge in [-0.2, -0.15) is 0 Å². The normalized spacial score (nSPS) is 20.5. The Hall–Kier alpha value is -1.63. The lowest BCUT2D eigenvalue weighted by molar-refractivity contribution is 0.0168. The molecule has 3 rings (SSSR count). The molecule has 1 atom stereocenters. The number of fused-ring (bicyclic) bond motifs is 1. The SMILES string of the molecule is CN=C(NCCCOCC1CCCO1)NCCN1CCc2ccccc2C1. The van der Waals surface area contributed by atoms with Crippen LogP contribution < -0.4 is 10.6 Å². The summed E-state index contributed by atoms with van der Waals surface area (Å²) in [5, 5.41) is 6.77. The summed E-state index contributed by atoms with van der Waals surface area (Å²) in [6.07, 6.45) is 4.73. The number of benzene rings is 1. The van der Waals surface area contributed by atoms with E-state index in [1.54, 1.807) is 0 Å². The van der Waals surface area contributed by atoms with Gasteiger partial charge in [-0.3, -0.25) is 9.89 Å². The van der Waals surface area contributed by atoms with E-state index in [0.717, 1.165) is 77.8 Å². The molecule has 0 aliphatic carbocycles. The molecule has 2 aliphatic rings. The molecule has 1 saturated heterocycles. The maximum absolute atomic E-state index is 5.69. The molecular formula is C21H34N4O2. The van der Waals surface area contributed by atoms with Crippen LogP contribution in [0.4, 0.5) is 0 Å². The van der Waals surface area contributed by atoms with Crippen LogP contribution in [0, 0.1) is 0 Å². The Bertz CT molecular complexity index is 587. The Morgan fingerprint density at radius 2 is 2.11 bits per heavy atom. The predicted octanol–water partition coefficient (Wildman–Crippen LogP) is 1.80. The number of nitrogens with zero attached hydrogens (tertiary/aromatic N) is 2. The maximum atomic E-state index is 5.69. The summed E-state index contributed by atoms with van der Waals surface area (Å²) >= 11 is 0. The van der Waals surface area contributed by atoms with Crippen LogP contribution in [0.1, 0.15) is 30.4 Å². The van der Waals surface area contributed by atoms with Crippen LogP contribution in [0.5, 0.6) is 0 Å². The first-order valence-electron chi connectivity index (χ1n) is 10.3. The van der Waals surface area contributed by atoms with Gasteiger partial charge in [0.2, 0.25) is 0 Å². The lowest BCUT2D eigenvalue weighted by atomic mass is 10.00. The van der Waals surface area contributed by atoms with E-state index < -0.39 is 0 Å². The van der Waals surface area contributed by atoms with Gasteiger partial charge in [-0.05, 0) is 36.8 Å². The largest absolute Gasteiger partial charge is 0.379 e. The van der Waals surface area contributed by atoms with Crippen molar-refractivity contribution < 1.29 is 9.47 Å².